The van der Waals surface area contributed by atoms with Gasteiger partial charge in [0, 0.05) is 65.0 Å². The zero-order valence-electron chi connectivity index (χ0n) is 56.8. The van der Waals surface area contributed by atoms with E-state index in [0.717, 1.165) is 164 Å². The van der Waals surface area contributed by atoms with Gasteiger partial charge >= 0.3 is 0 Å². The maximum atomic E-state index is 6.08. The maximum Gasteiger partial charge on any atom is 0.141 e. The molecule has 1 aliphatic carbocycles. The van der Waals surface area contributed by atoms with Crippen molar-refractivity contribution in [3.63, 3.8) is 0 Å². The van der Waals surface area contributed by atoms with Crippen LogP contribution in [0.15, 0.2) is 196 Å². The number of hydrogen-bond acceptors (Lipinski definition) is 12. The number of aromatic nitrogens is 9. The summed E-state index contributed by atoms with van der Waals surface area (Å²) < 4.78 is 22.6. The average Bonchev–Trinajstić information content (AvgIpc) is 1.65. The lowest BCUT2D eigenvalue weighted by Gasteiger charge is -2.24. The van der Waals surface area contributed by atoms with E-state index in [-0.39, 0.29) is 0 Å². The molecule has 5 aromatic carbocycles. The van der Waals surface area contributed by atoms with Gasteiger partial charge in [-0.05, 0) is 200 Å². The van der Waals surface area contributed by atoms with Crippen molar-refractivity contribution >= 4 is 51.7 Å². The van der Waals surface area contributed by atoms with Gasteiger partial charge in [-0.15, -0.1) is 0 Å². The van der Waals surface area contributed by atoms with E-state index in [4.69, 9.17) is 40.1 Å². The summed E-state index contributed by atoms with van der Waals surface area (Å²) in [4.78, 5) is 15.1. The molecule has 0 amide bonds. The van der Waals surface area contributed by atoms with E-state index < -0.39 is 0 Å². The summed E-state index contributed by atoms with van der Waals surface area (Å²) in [6, 6.07) is 57.6. The predicted octanol–water partition coefficient (Wildman–Crippen LogP) is 19.7. The van der Waals surface area contributed by atoms with Crippen molar-refractivity contribution in [2.24, 2.45) is 0 Å². The number of rotatable bonds is 18. The molecule has 0 bridgehead atoms. The van der Waals surface area contributed by atoms with Crippen molar-refractivity contribution in [3.8, 4) is 33.4 Å². The summed E-state index contributed by atoms with van der Waals surface area (Å²) in [6.07, 6.45) is 17.1. The van der Waals surface area contributed by atoms with Crippen molar-refractivity contribution < 1.29 is 13.6 Å². The molecule has 1 aliphatic rings. The summed E-state index contributed by atoms with van der Waals surface area (Å²) in [5, 5.41) is 24.1. The zero-order chi connectivity index (χ0) is 67.1. The fraction of sp³-hybridized carbons (Fsp3) is 0.259. The average molecular weight is 1310 g/mol. The molecule has 492 valence electrons. The molecule has 0 unspecified atom stereocenters. The molecule has 14 aromatic rings. The number of nitrogens with zero attached hydrogens (tertiary/aromatic N) is 9. The minimum Gasteiger partial charge on any atom is -0.367 e. The Bertz CT molecular complexity index is 4930. The topological polar surface area (TPSA) is 166 Å². The number of hydrogen-bond donors (Lipinski definition) is 3. The molecular weight excluding hydrogens is 1220 g/mol. The molecule has 0 saturated heterocycles. The van der Waals surface area contributed by atoms with Crippen LogP contribution in [0.2, 0.25) is 5.02 Å². The minimum absolute atomic E-state index is 0.521. The van der Waals surface area contributed by atoms with Crippen LogP contribution in [0.5, 0.6) is 0 Å². The van der Waals surface area contributed by atoms with Gasteiger partial charge in [0.15, 0.2) is 0 Å². The van der Waals surface area contributed by atoms with E-state index in [1.54, 1.807) is 0 Å². The van der Waals surface area contributed by atoms with Crippen LogP contribution < -0.4 is 16.0 Å². The van der Waals surface area contributed by atoms with Crippen molar-refractivity contribution in [2.45, 2.75) is 139 Å². The summed E-state index contributed by atoms with van der Waals surface area (Å²) in [5.74, 6) is 5.62. The number of aryl methyl sites for hydroxylation is 13. The molecule has 3 N–H and O–H groups in total. The first-order valence-electron chi connectivity index (χ1n) is 33.7. The van der Waals surface area contributed by atoms with Gasteiger partial charge in [-0.3, -0.25) is 13.2 Å². The minimum atomic E-state index is 0.521. The third-order valence-corrected chi connectivity index (χ3v) is 18.7. The molecule has 9 aromatic heterocycles. The molecule has 15 rings (SSSR count). The molecular formula is C81H83ClN12O3. The molecule has 9 heterocycles. The van der Waals surface area contributed by atoms with E-state index >= 15 is 0 Å². The SMILES string of the molecule is Cc1ccc(CCc2nc3cc(-c4c(C)noc4C)ccn3c2NCc2ccccc2)cc1.Cc1ccc(CCc2nc3cc(-c4c(C)noc4C)ccn3c2Nc2ccc(Cl)cc2)cc1.Cc1ccc(Cc2nc3cc(-c4c(C)noc4C)ccn3c2NC2CCCCC2)cc1. The quantitative estimate of drug-likeness (QED) is 0.0745. The number of benzene rings is 5. The fourth-order valence-electron chi connectivity index (χ4n) is 13.2. The zero-order valence-corrected chi connectivity index (χ0v) is 57.6. The lowest BCUT2D eigenvalue weighted by molar-refractivity contribution is 0.393. The Hall–Kier alpha value is -10.5. The van der Waals surface area contributed by atoms with Crippen LogP contribution in [0.4, 0.5) is 23.1 Å². The molecule has 97 heavy (non-hydrogen) atoms. The third kappa shape index (κ3) is 15.1. The molecule has 0 spiro atoms. The maximum absolute atomic E-state index is 6.08. The van der Waals surface area contributed by atoms with Crippen LogP contribution in [-0.2, 0) is 38.6 Å². The van der Waals surface area contributed by atoms with E-state index in [0.29, 0.717) is 11.1 Å². The van der Waals surface area contributed by atoms with E-state index in [1.165, 1.54) is 71.0 Å². The number of anilines is 4. The second kappa shape index (κ2) is 29.2. The van der Waals surface area contributed by atoms with Gasteiger partial charge in [0.2, 0.25) is 0 Å². The van der Waals surface area contributed by atoms with Gasteiger partial charge in [0.25, 0.3) is 0 Å². The highest BCUT2D eigenvalue weighted by Crippen LogP contribution is 2.35. The Labute approximate surface area is 572 Å². The highest BCUT2D eigenvalue weighted by atomic mass is 35.5. The lowest BCUT2D eigenvalue weighted by Crippen LogP contribution is -2.23. The van der Waals surface area contributed by atoms with Crippen molar-refractivity contribution in [1.82, 2.24) is 43.6 Å². The van der Waals surface area contributed by atoms with E-state index in [1.807, 2.05) is 71.9 Å². The monoisotopic (exact) mass is 1310 g/mol. The Morgan fingerprint density at radius 2 is 0.845 bits per heavy atom. The molecule has 0 aliphatic heterocycles. The van der Waals surface area contributed by atoms with Gasteiger partial charge in [-0.1, -0.05) is 166 Å². The second-order valence-electron chi connectivity index (χ2n) is 25.8. The first-order valence-corrected chi connectivity index (χ1v) is 34.1. The van der Waals surface area contributed by atoms with Crippen molar-refractivity contribution in [1.29, 1.82) is 0 Å². The summed E-state index contributed by atoms with van der Waals surface area (Å²) >= 11 is 6.08. The van der Waals surface area contributed by atoms with Crippen LogP contribution in [-0.4, -0.2) is 49.7 Å². The van der Waals surface area contributed by atoms with E-state index in [2.05, 4.69) is 217 Å². The first-order chi connectivity index (χ1) is 47.1. The standard InChI is InChI=1S/C28H28N4O.C27H25ClN4O.C26H30N4O/c1-19-9-11-22(12-10-19)13-14-25-28(29-18-23-7-5-4-6-8-23)32-16-15-24(17-26(32)30-25)27-20(2)31-33-21(27)3;1-17-4-6-20(7-5-17)8-13-24-27(29-23-11-9-22(28)10-12-23)32-15-14-21(16-25(32)30-24)26-18(2)31-33-19(26)3;1-17-9-11-20(12-10-17)15-23-26(27-22-7-5-4-6-8-22)30-14-13-21(16-24(30)28-23)25-18(2)29-31-19(25)3/h4-12,15-17,29H,13-14,18H2,1-3H3;4-7,9-12,14-16,29H,8,13H2,1-3H3;9-14,16,22,27H,4-8,15H2,1-3H3. The van der Waals surface area contributed by atoms with Gasteiger partial charge in [-0.2, -0.15) is 0 Å². The van der Waals surface area contributed by atoms with Crippen LogP contribution in [0.1, 0.15) is 122 Å². The predicted molar refractivity (Wildman–Crippen MR) is 391 cm³/mol. The molecule has 1 saturated carbocycles. The van der Waals surface area contributed by atoms with Crippen molar-refractivity contribution in [2.75, 3.05) is 16.0 Å². The van der Waals surface area contributed by atoms with Crippen LogP contribution in [0, 0.1) is 62.3 Å². The summed E-state index contributed by atoms with van der Waals surface area (Å²) in [7, 11) is 0. The summed E-state index contributed by atoms with van der Waals surface area (Å²) in [5.41, 5.74) is 24.9. The molecule has 0 atom stereocenters. The number of halogens is 1. The van der Waals surface area contributed by atoms with Crippen LogP contribution in [0.3, 0.4) is 0 Å². The van der Waals surface area contributed by atoms with Crippen LogP contribution in [0.25, 0.3) is 50.3 Å². The third-order valence-electron chi connectivity index (χ3n) is 18.5. The van der Waals surface area contributed by atoms with Gasteiger partial charge in [0.1, 0.15) is 51.7 Å². The number of pyridine rings is 3. The van der Waals surface area contributed by atoms with Crippen molar-refractivity contribution in [3.05, 3.63) is 278 Å². The molecule has 16 heteroatoms. The molecule has 1 fully saturated rings. The Morgan fingerprint density at radius 3 is 1.30 bits per heavy atom. The van der Waals surface area contributed by atoms with Gasteiger partial charge < -0.3 is 29.5 Å². The Kier molecular flexibility index (Phi) is 19.6. The molecule has 0 radical (unpaired) electrons. The number of imidazole rings is 3. The fourth-order valence-corrected chi connectivity index (χ4v) is 13.3. The first kappa shape index (κ1) is 65.2. The number of fused-ring (bicyclic) bond motifs is 3. The van der Waals surface area contributed by atoms with Crippen LogP contribution >= 0.6 is 11.6 Å². The smallest absolute Gasteiger partial charge is 0.141 e. The normalized spacial score (nSPS) is 12.4. The van der Waals surface area contributed by atoms with Gasteiger partial charge in [-0.25, -0.2) is 15.0 Å². The summed E-state index contributed by atoms with van der Waals surface area (Å²) in [6.45, 7) is 18.9. The lowest BCUT2D eigenvalue weighted by atomic mass is 9.95. The Morgan fingerprint density at radius 1 is 0.423 bits per heavy atom. The Balaban J connectivity index is 0.000000131. The number of nitrogens with one attached hydrogen (secondary N) is 3. The highest BCUT2D eigenvalue weighted by molar-refractivity contribution is 6.30. The van der Waals surface area contributed by atoms with E-state index in [9.17, 15) is 0 Å². The molecule has 15 nitrogen and oxygen atoms in total. The second-order valence-corrected chi connectivity index (χ2v) is 26.3. The largest absolute Gasteiger partial charge is 0.367 e. The highest BCUT2D eigenvalue weighted by Gasteiger charge is 2.23. The van der Waals surface area contributed by atoms with Gasteiger partial charge in [0.05, 0.1) is 34.2 Å².